The van der Waals surface area contributed by atoms with Gasteiger partial charge in [-0.1, -0.05) is 15.9 Å². The Balaban J connectivity index is 2.47. The number of nitrogens with zero attached hydrogens (tertiary/aromatic N) is 1. The zero-order valence-corrected chi connectivity index (χ0v) is 13.0. The maximum Gasteiger partial charge on any atom is 0.198 e. The minimum absolute atomic E-state index is 0.443. The Hall–Kier alpha value is -1.13. The summed E-state index contributed by atoms with van der Waals surface area (Å²) in [4.78, 5) is -0.443. The fourth-order valence-electron chi connectivity index (χ4n) is 2.45. The number of nitriles is 1. The van der Waals surface area contributed by atoms with Crippen LogP contribution in [0.5, 0.6) is 5.75 Å². The number of hydrogen-bond acceptors (Lipinski definition) is 5. The number of fused-ring (bicyclic) bond motifs is 1. The third-order valence-corrected chi connectivity index (χ3v) is 4.92. The summed E-state index contributed by atoms with van der Waals surface area (Å²) in [6, 6.07) is 7.00. The first-order valence-electron chi connectivity index (χ1n) is 6.08. The highest BCUT2D eigenvalue weighted by molar-refractivity contribution is 9.09. The molecule has 2 rings (SSSR count). The van der Waals surface area contributed by atoms with Crippen LogP contribution in [0.25, 0.3) is 0 Å². The summed E-state index contributed by atoms with van der Waals surface area (Å²) in [6.07, 6.45) is -1.48. The molecule has 0 saturated heterocycles. The lowest BCUT2D eigenvalue weighted by atomic mass is 9.88. The molecule has 0 amide bonds. The summed E-state index contributed by atoms with van der Waals surface area (Å²) >= 11 is 3.46. The van der Waals surface area contributed by atoms with Crippen molar-refractivity contribution in [3.8, 4) is 11.8 Å². The molecule has 1 aliphatic heterocycles. The average molecular weight is 342 g/mol. The van der Waals surface area contributed by atoms with Gasteiger partial charge in [0, 0.05) is 19.8 Å². The Bertz CT molecular complexity index is 540. The summed E-state index contributed by atoms with van der Waals surface area (Å²) in [5.74, 6) is 0.522. The number of hydrogen-bond donors (Lipinski definition) is 1. The molecule has 0 aromatic heterocycles. The van der Waals surface area contributed by atoms with Crippen molar-refractivity contribution in [2.24, 2.45) is 0 Å². The van der Waals surface area contributed by atoms with Gasteiger partial charge in [0.2, 0.25) is 0 Å². The first kappa shape index (κ1) is 15.3. The van der Waals surface area contributed by atoms with Gasteiger partial charge in [-0.15, -0.1) is 0 Å². The van der Waals surface area contributed by atoms with Crippen molar-refractivity contribution < 1.29 is 19.3 Å². The number of aliphatic hydroxyl groups excluding tert-OH is 1. The Morgan fingerprint density at radius 2 is 2.10 bits per heavy atom. The van der Waals surface area contributed by atoms with Crippen LogP contribution in [0, 0.1) is 11.3 Å². The predicted molar refractivity (Wildman–Crippen MR) is 75.7 cm³/mol. The van der Waals surface area contributed by atoms with Crippen LogP contribution >= 0.6 is 15.9 Å². The lowest BCUT2D eigenvalue weighted by molar-refractivity contribution is -0.208. The van der Waals surface area contributed by atoms with Crippen molar-refractivity contribution in [2.75, 3.05) is 14.2 Å². The van der Waals surface area contributed by atoms with E-state index in [2.05, 4.69) is 15.9 Å². The number of halogens is 1. The zero-order valence-electron chi connectivity index (χ0n) is 11.5. The SMILES string of the molecule is COC(OC)C1(C)Oc2ccc(C#N)cc2C(O)C1Br. The highest BCUT2D eigenvalue weighted by atomic mass is 79.9. The van der Waals surface area contributed by atoms with Crippen molar-refractivity contribution >= 4 is 15.9 Å². The van der Waals surface area contributed by atoms with E-state index >= 15 is 0 Å². The van der Waals surface area contributed by atoms with Crippen molar-refractivity contribution in [2.45, 2.75) is 29.7 Å². The molecule has 20 heavy (non-hydrogen) atoms. The molecule has 1 heterocycles. The van der Waals surface area contributed by atoms with Crippen LogP contribution < -0.4 is 4.74 Å². The Morgan fingerprint density at radius 1 is 1.45 bits per heavy atom. The molecule has 3 unspecified atom stereocenters. The predicted octanol–water partition coefficient (Wildman–Crippen LogP) is 2.13. The molecule has 0 spiro atoms. The van der Waals surface area contributed by atoms with Crippen LogP contribution in [0.4, 0.5) is 0 Å². The molecule has 0 radical (unpaired) electrons. The Kier molecular flexibility index (Phi) is 4.35. The molecule has 0 bridgehead atoms. The fourth-order valence-corrected chi connectivity index (χ4v) is 3.04. The van der Waals surface area contributed by atoms with E-state index in [9.17, 15) is 5.11 Å². The van der Waals surface area contributed by atoms with E-state index in [4.69, 9.17) is 19.5 Å². The molecule has 0 saturated carbocycles. The number of rotatable bonds is 3. The van der Waals surface area contributed by atoms with Gasteiger partial charge >= 0.3 is 0 Å². The van der Waals surface area contributed by atoms with E-state index in [0.29, 0.717) is 16.9 Å². The van der Waals surface area contributed by atoms with Gasteiger partial charge in [0.05, 0.1) is 22.6 Å². The van der Waals surface area contributed by atoms with Gasteiger partial charge in [-0.25, -0.2) is 0 Å². The van der Waals surface area contributed by atoms with Gasteiger partial charge in [-0.2, -0.15) is 5.26 Å². The van der Waals surface area contributed by atoms with E-state index in [1.54, 1.807) is 25.1 Å². The van der Waals surface area contributed by atoms with Gasteiger partial charge in [0.15, 0.2) is 11.9 Å². The maximum absolute atomic E-state index is 10.5. The molecule has 0 fully saturated rings. The molecule has 5 nitrogen and oxygen atoms in total. The fraction of sp³-hybridized carbons (Fsp3) is 0.500. The molecule has 1 aliphatic rings. The van der Waals surface area contributed by atoms with Crippen LogP contribution in [0.2, 0.25) is 0 Å². The highest BCUT2D eigenvalue weighted by Gasteiger charge is 2.51. The Labute approximate surface area is 126 Å². The van der Waals surface area contributed by atoms with Crippen LogP contribution in [0.15, 0.2) is 18.2 Å². The Morgan fingerprint density at radius 3 is 2.65 bits per heavy atom. The normalized spacial score (nSPS) is 28.6. The summed E-state index contributed by atoms with van der Waals surface area (Å²) in [7, 11) is 3.03. The lowest BCUT2D eigenvalue weighted by Crippen LogP contribution is -2.57. The minimum Gasteiger partial charge on any atom is -0.481 e. The average Bonchev–Trinajstić information content (AvgIpc) is 2.46. The van der Waals surface area contributed by atoms with Crippen molar-refractivity contribution in [3.05, 3.63) is 29.3 Å². The standard InChI is InChI=1S/C14H16BrNO4/c1-14(13(18-2)19-3)12(15)11(17)9-6-8(7-16)4-5-10(9)20-14/h4-6,11-13,17H,1-3H3. The third kappa shape index (κ3) is 2.31. The van der Waals surface area contributed by atoms with Gasteiger partial charge in [-0.05, 0) is 25.1 Å². The van der Waals surface area contributed by atoms with Crippen LogP contribution in [-0.4, -0.2) is 36.0 Å². The number of ether oxygens (including phenoxy) is 3. The summed E-state index contributed by atoms with van der Waals surface area (Å²) in [5.41, 5.74) is 0.156. The zero-order chi connectivity index (χ0) is 14.9. The van der Waals surface area contributed by atoms with E-state index in [1.807, 2.05) is 6.07 Å². The smallest absolute Gasteiger partial charge is 0.198 e. The number of methoxy groups -OCH3 is 2. The van der Waals surface area contributed by atoms with Crippen molar-refractivity contribution in [1.29, 1.82) is 5.26 Å². The molecule has 3 atom stereocenters. The topological polar surface area (TPSA) is 71.7 Å². The van der Waals surface area contributed by atoms with Gasteiger partial charge in [0.1, 0.15) is 5.75 Å². The number of alkyl halides is 1. The van der Waals surface area contributed by atoms with Crippen LogP contribution in [0.1, 0.15) is 24.2 Å². The summed E-state index contributed by atoms with van der Waals surface area (Å²) < 4.78 is 16.5. The third-order valence-electron chi connectivity index (χ3n) is 3.51. The first-order chi connectivity index (χ1) is 9.47. The van der Waals surface area contributed by atoms with Gasteiger partial charge < -0.3 is 19.3 Å². The second kappa shape index (κ2) is 5.70. The van der Waals surface area contributed by atoms with E-state index < -0.39 is 22.8 Å². The lowest BCUT2D eigenvalue weighted by Gasteiger charge is -2.45. The molecule has 0 aliphatic carbocycles. The van der Waals surface area contributed by atoms with E-state index in [1.165, 1.54) is 14.2 Å². The molecule has 108 valence electrons. The minimum atomic E-state index is -0.899. The molecule has 1 aromatic rings. The summed E-state index contributed by atoms with van der Waals surface area (Å²) in [6.45, 7) is 1.80. The van der Waals surface area contributed by atoms with Gasteiger partial charge in [0.25, 0.3) is 0 Å². The van der Waals surface area contributed by atoms with Crippen molar-refractivity contribution in [3.63, 3.8) is 0 Å². The van der Waals surface area contributed by atoms with E-state index in [0.717, 1.165) is 0 Å². The first-order valence-corrected chi connectivity index (χ1v) is 7.00. The van der Waals surface area contributed by atoms with Gasteiger partial charge in [-0.3, -0.25) is 0 Å². The largest absolute Gasteiger partial charge is 0.481 e. The maximum atomic E-state index is 10.5. The molecule has 1 N–H and O–H groups in total. The van der Waals surface area contributed by atoms with Crippen LogP contribution in [-0.2, 0) is 9.47 Å². The monoisotopic (exact) mass is 341 g/mol. The number of aliphatic hydroxyl groups is 1. The van der Waals surface area contributed by atoms with E-state index in [-0.39, 0.29) is 0 Å². The quantitative estimate of drug-likeness (QED) is 0.673. The molecule has 1 aromatic carbocycles. The van der Waals surface area contributed by atoms with Crippen LogP contribution in [0.3, 0.4) is 0 Å². The molecule has 6 heteroatoms. The summed E-state index contributed by atoms with van der Waals surface area (Å²) in [5, 5.41) is 19.4. The second-order valence-electron chi connectivity index (χ2n) is 4.80. The second-order valence-corrected chi connectivity index (χ2v) is 5.79. The van der Waals surface area contributed by atoms with Crippen molar-refractivity contribution in [1.82, 2.24) is 0 Å². The highest BCUT2D eigenvalue weighted by Crippen LogP contribution is 2.45. The number of benzene rings is 1. The molecular weight excluding hydrogens is 326 g/mol. The molecular formula is C14H16BrNO4.